The number of carbonyl (C=O) groups excluding carboxylic acids is 2. The zero-order valence-electron chi connectivity index (χ0n) is 11.8. The maximum absolute atomic E-state index is 11.9. The van der Waals surface area contributed by atoms with Gasteiger partial charge in [0.2, 0.25) is 0 Å². The van der Waals surface area contributed by atoms with Crippen LogP contribution in [0.25, 0.3) is 0 Å². The van der Waals surface area contributed by atoms with Crippen molar-refractivity contribution in [1.82, 2.24) is 0 Å². The van der Waals surface area contributed by atoms with Crippen molar-refractivity contribution in [2.45, 2.75) is 13.3 Å². The highest BCUT2D eigenvalue weighted by Gasteiger charge is 2.15. The molecule has 0 aromatic heterocycles. The maximum atomic E-state index is 11.9. The second kappa shape index (κ2) is 7.29. The molecular formula is C16H14Cl2N2O2. The molecular weight excluding hydrogens is 323 g/mol. The van der Waals surface area contributed by atoms with Crippen molar-refractivity contribution in [3.63, 3.8) is 0 Å². The summed E-state index contributed by atoms with van der Waals surface area (Å²) in [6.07, 6.45) is 0.907. The first-order valence-corrected chi connectivity index (χ1v) is 7.41. The number of rotatable bonds is 3. The van der Waals surface area contributed by atoms with Gasteiger partial charge in [-0.3, -0.25) is 9.59 Å². The number of hydrogen-bond acceptors (Lipinski definition) is 2. The van der Waals surface area contributed by atoms with Crippen molar-refractivity contribution in [2.24, 2.45) is 0 Å². The van der Waals surface area contributed by atoms with E-state index in [1.54, 1.807) is 18.2 Å². The molecule has 0 spiro atoms. The highest BCUT2D eigenvalue weighted by atomic mass is 35.5. The molecule has 2 aromatic rings. The van der Waals surface area contributed by atoms with Crippen LogP contribution in [0.2, 0.25) is 10.0 Å². The van der Waals surface area contributed by atoms with Crippen LogP contribution >= 0.6 is 23.2 Å². The number of amides is 2. The van der Waals surface area contributed by atoms with Crippen molar-refractivity contribution in [1.29, 1.82) is 0 Å². The van der Waals surface area contributed by atoms with E-state index in [4.69, 9.17) is 23.2 Å². The molecule has 0 aliphatic rings. The molecule has 2 aromatic carbocycles. The fourth-order valence-corrected chi connectivity index (χ4v) is 2.24. The number of hydrogen-bond donors (Lipinski definition) is 2. The second-order valence-electron chi connectivity index (χ2n) is 4.58. The van der Waals surface area contributed by atoms with E-state index in [0.717, 1.165) is 12.0 Å². The SMILES string of the molecule is CCc1ccc(NC(=O)C(=O)Nc2ccc(Cl)cc2Cl)cc1. The molecule has 0 saturated carbocycles. The Labute approximate surface area is 138 Å². The van der Waals surface area contributed by atoms with Crippen molar-refractivity contribution in [2.75, 3.05) is 10.6 Å². The van der Waals surface area contributed by atoms with Gasteiger partial charge < -0.3 is 10.6 Å². The summed E-state index contributed by atoms with van der Waals surface area (Å²) < 4.78 is 0. The Morgan fingerprint density at radius 2 is 1.59 bits per heavy atom. The number of nitrogens with one attached hydrogen (secondary N) is 2. The summed E-state index contributed by atoms with van der Waals surface area (Å²) in [5.41, 5.74) is 2.03. The molecule has 0 bridgehead atoms. The molecule has 0 radical (unpaired) electrons. The Balaban J connectivity index is 2.01. The van der Waals surface area contributed by atoms with E-state index < -0.39 is 11.8 Å². The lowest BCUT2D eigenvalue weighted by atomic mass is 10.1. The minimum absolute atomic E-state index is 0.265. The minimum Gasteiger partial charge on any atom is -0.318 e. The van der Waals surface area contributed by atoms with E-state index in [0.29, 0.717) is 16.4 Å². The summed E-state index contributed by atoms with van der Waals surface area (Å²) in [5.74, 6) is -1.57. The molecule has 114 valence electrons. The van der Waals surface area contributed by atoms with Gasteiger partial charge in [0.05, 0.1) is 10.7 Å². The monoisotopic (exact) mass is 336 g/mol. The van der Waals surface area contributed by atoms with E-state index in [9.17, 15) is 9.59 Å². The van der Waals surface area contributed by atoms with Gasteiger partial charge in [-0.15, -0.1) is 0 Å². The third-order valence-electron chi connectivity index (χ3n) is 3.01. The average Bonchev–Trinajstić information content (AvgIpc) is 2.50. The van der Waals surface area contributed by atoms with Gasteiger partial charge in [-0.2, -0.15) is 0 Å². The summed E-state index contributed by atoms with van der Waals surface area (Å²) >= 11 is 11.7. The van der Waals surface area contributed by atoms with Crippen molar-refractivity contribution in [3.8, 4) is 0 Å². The third-order valence-corrected chi connectivity index (χ3v) is 3.55. The maximum Gasteiger partial charge on any atom is 0.314 e. The fraction of sp³-hybridized carbons (Fsp3) is 0.125. The van der Waals surface area contributed by atoms with Crippen LogP contribution in [0, 0.1) is 0 Å². The van der Waals surface area contributed by atoms with Gasteiger partial charge in [0.25, 0.3) is 0 Å². The van der Waals surface area contributed by atoms with Gasteiger partial charge in [-0.1, -0.05) is 42.3 Å². The van der Waals surface area contributed by atoms with E-state index in [-0.39, 0.29) is 5.02 Å². The quantitative estimate of drug-likeness (QED) is 0.828. The summed E-state index contributed by atoms with van der Waals surface area (Å²) in [4.78, 5) is 23.7. The lowest BCUT2D eigenvalue weighted by Crippen LogP contribution is -2.29. The molecule has 2 amide bonds. The van der Waals surface area contributed by atoms with Crippen LogP contribution in [0.1, 0.15) is 12.5 Å². The zero-order valence-corrected chi connectivity index (χ0v) is 13.3. The normalized spacial score (nSPS) is 10.1. The molecule has 0 saturated heterocycles. The predicted octanol–water partition coefficient (Wildman–Crippen LogP) is 4.13. The Morgan fingerprint density at radius 1 is 0.955 bits per heavy atom. The largest absolute Gasteiger partial charge is 0.318 e. The number of carbonyl (C=O) groups is 2. The first-order valence-electron chi connectivity index (χ1n) is 6.66. The minimum atomic E-state index is -0.802. The summed E-state index contributed by atoms with van der Waals surface area (Å²) in [5, 5.41) is 5.67. The van der Waals surface area contributed by atoms with Gasteiger partial charge in [0, 0.05) is 10.7 Å². The van der Waals surface area contributed by atoms with E-state index in [1.807, 2.05) is 19.1 Å². The fourth-order valence-electron chi connectivity index (χ4n) is 1.78. The molecule has 0 fully saturated rings. The zero-order chi connectivity index (χ0) is 16.1. The van der Waals surface area contributed by atoms with Crippen LogP contribution in [-0.2, 0) is 16.0 Å². The van der Waals surface area contributed by atoms with E-state index in [1.165, 1.54) is 12.1 Å². The van der Waals surface area contributed by atoms with E-state index in [2.05, 4.69) is 10.6 Å². The Hall–Kier alpha value is -2.04. The smallest absolute Gasteiger partial charge is 0.314 e. The predicted molar refractivity (Wildman–Crippen MR) is 89.5 cm³/mol. The number of aryl methyl sites for hydroxylation is 1. The van der Waals surface area contributed by atoms with E-state index >= 15 is 0 Å². The van der Waals surface area contributed by atoms with Crippen LogP contribution in [0.5, 0.6) is 0 Å². The van der Waals surface area contributed by atoms with Crippen LogP contribution in [0.15, 0.2) is 42.5 Å². The average molecular weight is 337 g/mol. The van der Waals surface area contributed by atoms with Crippen LogP contribution in [-0.4, -0.2) is 11.8 Å². The Kier molecular flexibility index (Phi) is 5.41. The number of benzene rings is 2. The highest BCUT2D eigenvalue weighted by molar-refractivity contribution is 6.45. The molecule has 0 heterocycles. The van der Waals surface area contributed by atoms with Crippen molar-refractivity contribution >= 4 is 46.4 Å². The second-order valence-corrected chi connectivity index (χ2v) is 5.43. The van der Waals surface area contributed by atoms with Crippen LogP contribution < -0.4 is 10.6 Å². The van der Waals surface area contributed by atoms with Crippen LogP contribution in [0.4, 0.5) is 11.4 Å². The van der Waals surface area contributed by atoms with Gasteiger partial charge in [-0.05, 0) is 42.3 Å². The van der Waals surface area contributed by atoms with Crippen molar-refractivity contribution in [3.05, 3.63) is 58.1 Å². The Bertz CT molecular complexity index is 700. The number of anilines is 2. The molecule has 2 N–H and O–H groups in total. The molecule has 22 heavy (non-hydrogen) atoms. The summed E-state index contributed by atoms with van der Waals surface area (Å²) in [7, 11) is 0. The van der Waals surface area contributed by atoms with Gasteiger partial charge in [0.15, 0.2) is 0 Å². The molecule has 0 unspecified atom stereocenters. The molecule has 6 heteroatoms. The number of halogens is 2. The molecule has 4 nitrogen and oxygen atoms in total. The lowest BCUT2D eigenvalue weighted by molar-refractivity contribution is -0.132. The van der Waals surface area contributed by atoms with Crippen molar-refractivity contribution < 1.29 is 9.59 Å². The topological polar surface area (TPSA) is 58.2 Å². The summed E-state index contributed by atoms with van der Waals surface area (Å²) in [6.45, 7) is 2.04. The standard InChI is InChI=1S/C16H14Cl2N2O2/c1-2-10-3-6-12(7-4-10)19-15(21)16(22)20-14-8-5-11(17)9-13(14)18/h3-9H,2H2,1H3,(H,19,21)(H,20,22). The highest BCUT2D eigenvalue weighted by Crippen LogP contribution is 2.25. The molecule has 0 aliphatic carbocycles. The third kappa shape index (κ3) is 4.23. The summed E-state index contributed by atoms with van der Waals surface area (Å²) in [6, 6.07) is 11.9. The van der Waals surface area contributed by atoms with Gasteiger partial charge >= 0.3 is 11.8 Å². The Morgan fingerprint density at radius 3 is 2.18 bits per heavy atom. The lowest BCUT2D eigenvalue weighted by Gasteiger charge is -2.08. The van der Waals surface area contributed by atoms with Crippen LogP contribution in [0.3, 0.4) is 0 Å². The molecule has 2 rings (SSSR count). The first kappa shape index (κ1) is 16.3. The van der Waals surface area contributed by atoms with Gasteiger partial charge in [-0.25, -0.2) is 0 Å². The van der Waals surface area contributed by atoms with Gasteiger partial charge in [0.1, 0.15) is 0 Å². The first-order chi connectivity index (χ1) is 10.5. The molecule has 0 aliphatic heterocycles. The molecule has 0 atom stereocenters.